The molecule has 8 nitrogen and oxygen atoms in total. The zero-order chi connectivity index (χ0) is 25.1. The molecule has 4 amide bonds. The molecule has 7 rings (SSSR count). The predicted octanol–water partition coefficient (Wildman–Crippen LogP) is 3.21. The van der Waals surface area contributed by atoms with Crippen molar-refractivity contribution in [2.45, 2.75) is 13.8 Å². The molecule has 2 saturated heterocycles. The number of hydrogen-bond acceptors (Lipinski definition) is 6. The average molecular weight is 487 g/mol. The van der Waals surface area contributed by atoms with Gasteiger partial charge >= 0.3 is 0 Å². The summed E-state index contributed by atoms with van der Waals surface area (Å²) in [6, 6.07) is 13.7. The van der Waals surface area contributed by atoms with Crippen molar-refractivity contribution in [3.8, 4) is 11.5 Å². The summed E-state index contributed by atoms with van der Waals surface area (Å²) in [5, 5.41) is 0. The van der Waals surface area contributed by atoms with E-state index in [1.54, 1.807) is 48.5 Å². The van der Waals surface area contributed by atoms with Gasteiger partial charge in [-0.15, -0.1) is 0 Å². The van der Waals surface area contributed by atoms with Crippen LogP contribution in [-0.4, -0.2) is 36.8 Å². The number of carbonyl (C=O) groups is 4. The van der Waals surface area contributed by atoms with Crippen LogP contribution in [0.1, 0.15) is 13.8 Å². The first-order valence-electron chi connectivity index (χ1n) is 12.4. The normalized spacial score (nSPS) is 30.2. The van der Waals surface area contributed by atoms with Gasteiger partial charge in [0.05, 0.1) is 48.3 Å². The molecule has 0 aromatic heterocycles. The van der Waals surface area contributed by atoms with Crippen LogP contribution in [0.4, 0.5) is 11.4 Å². The van der Waals surface area contributed by atoms with Gasteiger partial charge in [0, 0.05) is 11.8 Å². The van der Waals surface area contributed by atoms with E-state index in [1.165, 1.54) is 9.80 Å². The van der Waals surface area contributed by atoms with E-state index in [4.69, 9.17) is 9.47 Å². The summed E-state index contributed by atoms with van der Waals surface area (Å²) in [7, 11) is 0. The van der Waals surface area contributed by atoms with E-state index >= 15 is 0 Å². The summed E-state index contributed by atoms with van der Waals surface area (Å²) in [4.78, 5) is 56.8. The zero-order valence-corrected chi connectivity index (χ0v) is 20.0. The SMILES string of the molecule is CCOc1ccc(N2C(=O)[C@@H]3C4C=CC([C@H]3C2=O)[C@@H]2C(=O)N(c3ccc(OCC)cc3)C(=O)[C@H]42)cc1. The highest BCUT2D eigenvalue weighted by Gasteiger charge is 2.68. The van der Waals surface area contributed by atoms with Crippen LogP contribution in [0.15, 0.2) is 60.7 Å². The Bertz CT molecular complexity index is 1140. The second-order valence-electron chi connectivity index (χ2n) is 9.52. The van der Waals surface area contributed by atoms with Gasteiger partial charge in [0.1, 0.15) is 11.5 Å². The van der Waals surface area contributed by atoms with E-state index in [1.807, 2.05) is 26.0 Å². The maximum Gasteiger partial charge on any atom is 0.238 e. The van der Waals surface area contributed by atoms with E-state index in [2.05, 4.69) is 0 Å². The van der Waals surface area contributed by atoms with Gasteiger partial charge in [0.25, 0.3) is 0 Å². The van der Waals surface area contributed by atoms with Gasteiger partial charge in [0.15, 0.2) is 0 Å². The van der Waals surface area contributed by atoms with Crippen LogP contribution in [0, 0.1) is 35.5 Å². The Hall–Kier alpha value is -3.94. The van der Waals surface area contributed by atoms with Crippen molar-refractivity contribution in [1.82, 2.24) is 0 Å². The van der Waals surface area contributed by atoms with Crippen LogP contribution in [0.3, 0.4) is 0 Å². The molecule has 2 aliphatic heterocycles. The number of allylic oxidation sites excluding steroid dienone is 2. The van der Waals surface area contributed by atoms with Crippen LogP contribution in [-0.2, 0) is 19.2 Å². The first kappa shape index (κ1) is 22.5. The van der Waals surface area contributed by atoms with Crippen molar-refractivity contribution in [3.63, 3.8) is 0 Å². The van der Waals surface area contributed by atoms with E-state index in [9.17, 15) is 19.2 Å². The summed E-state index contributed by atoms with van der Waals surface area (Å²) in [5.74, 6) is -3.57. The molecule has 6 atom stereocenters. The molecule has 2 heterocycles. The van der Waals surface area contributed by atoms with E-state index < -0.39 is 35.5 Å². The highest BCUT2D eigenvalue weighted by Crippen LogP contribution is 2.58. The molecule has 0 radical (unpaired) electrons. The van der Waals surface area contributed by atoms with Gasteiger partial charge in [-0.05, 0) is 62.4 Å². The number of nitrogens with zero attached hydrogens (tertiary/aromatic N) is 2. The molecule has 1 saturated carbocycles. The van der Waals surface area contributed by atoms with Crippen LogP contribution in [0.5, 0.6) is 11.5 Å². The molecule has 2 unspecified atom stereocenters. The van der Waals surface area contributed by atoms with Crippen LogP contribution < -0.4 is 19.3 Å². The summed E-state index contributed by atoms with van der Waals surface area (Å²) in [5.41, 5.74) is 0.946. The fourth-order valence-electron chi connectivity index (χ4n) is 6.45. The van der Waals surface area contributed by atoms with Gasteiger partial charge in [-0.25, -0.2) is 0 Å². The molecule has 2 aromatic carbocycles. The van der Waals surface area contributed by atoms with E-state index in [-0.39, 0.29) is 23.6 Å². The van der Waals surface area contributed by atoms with Gasteiger partial charge in [0.2, 0.25) is 23.6 Å². The van der Waals surface area contributed by atoms with Crippen molar-refractivity contribution < 1.29 is 28.7 Å². The van der Waals surface area contributed by atoms with Crippen molar-refractivity contribution in [2.75, 3.05) is 23.0 Å². The average Bonchev–Trinajstić information content (AvgIpc) is 3.33. The molecular formula is C28H26N2O6. The number of benzene rings is 2. The highest BCUT2D eigenvalue weighted by molar-refractivity contribution is 6.26. The Morgan fingerprint density at radius 2 is 0.861 bits per heavy atom. The third kappa shape index (κ3) is 3.06. The molecule has 0 N–H and O–H groups in total. The monoisotopic (exact) mass is 486 g/mol. The van der Waals surface area contributed by atoms with Gasteiger partial charge in [-0.2, -0.15) is 0 Å². The second-order valence-corrected chi connectivity index (χ2v) is 9.52. The number of imide groups is 2. The van der Waals surface area contributed by atoms with Gasteiger partial charge < -0.3 is 9.47 Å². The first-order chi connectivity index (χ1) is 17.5. The van der Waals surface area contributed by atoms with Crippen LogP contribution >= 0.6 is 0 Å². The van der Waals surface area contributed by atoms with Crippen molar-refractivity contribution in [3.05, 3.63) is 60.7 Å². The standard InChI is InChI=1S/C28H26N2O6/c1-3-35-17-9-5-15(6-10-17)29-25(31)21-19-13-14-20(22(21)26(29)32)24-23(19)27(33)30(28(24)34)16-7-11-18(12-8-16)36-4-2/h5-14,19-24H,3-4H2,1-2H3/t19?,20?,21-,22-,23-,24+/m1/s1. The Balaban J connectivity index is 1.31. The summed E-state index contributed by atoms with van der Waals surface area (Å²) in [6.45, 7) is 4.79. The molecule has 2 bridgehead atoms. The molecule has 184 valence electrons. The molecule has 0 spiro atoms. The van der Waals surface area contributed by atoms with Crippen molar-refractivity contribution in [1.29, 1.82) is 0 Å². The molecule has 8 heteroatoms. The minimum absolute atomic E-state index is 0.313. The van der Waals surface area contributed by atoms with Crippen molar-refractivity contribution >= 4 is 35.0 Å². The summed E-state index contributed by atoms with van der Waals surface area (Å²) in [6.07, 6.45) is 3.74. The molecule has 3 aliphatic carbocycles. The fourth-order valence-corrected chi connectivity index (χ4v) is 6.45. The third-order valence-electron chi connectivity index (χ3n) is 7.82. The molecular weight excluding hydrogens is 460 g/mol. The molecule has 5 aliphatic rings. The number of amides is 4. The first-order valence-corrected chi connectivity index (χ1v) is 12.4. The number of carbonyl (C=O) groups excluding carboxylic acids is 4. The van der Waals surface area contributed by atoms with Crippen molar-refractivity contribution in [2.24, 2.45) is 35.5 Å². The molecule has 2 aromatic rings. The Morgan fingerprint density at radius 3 is 1.14 bits per heavy atom. The lowest BCUT2D eigenvalue weighted by Crippen LogP contribution is -2.50. The Kier molecular flexibility index (Phi) is 5.21. The Morgan fingerprint density at radius 1 is 0.556 bits per heavy atom. The second kappa shape index (κ2) is 8.33. The largest absolute Gasteiger partial charge is 0.494 e. The maximum absolute atomic E-state index is 13.6. The summed E-state index contributed by atoms with van der Waals surface area (Å²) < 4.78 is 10.9. The minimum Gasteiger partial charge on any atom is -0.494 e. The lowest BCUT2D eigenvalue weighted by Gasteiger charge is -2.44. The van der Waals surface area contributed by atoms with E-state index in [0.29, 0.717) is 36.1 Å². The molecule has 36 heavy (non-hydrogen) atoms. The van der Waals surface area contributed by atoms with Crippen LogP contribution in [0.25, 0.3) is 0 Å². The Labute approximate surface area is 208 Å². The van der Waals surface area contributed by atoms with Crippen LogP contribution in [0.2, 0.25) is 0 Å². The number of anilines is 2. The molecule has 3 fully saturated rings. The maximum atomic E-state index is 13.6. The van der Waals surface area contributed by atoms with Gasteiger partial charge in [-0.3, -0.25) is 29.0 Å². The lowest BCUT2D eigenvalue weighted by atomic mass is 9.54. The van der Waals surface area contributed by atoms with E-state index in [0.717, 1.165) is 0 Å². The zero-order valence-electron chi connectivity index (χ0n) is 20.0. The topological polar surface area (TPSA) is 93.2 Å². The number of rotatable bonds is 6. The van der Waals surface area contributed by atoms with Gasteiger partial charge in [-0.1, -0.05) is 12.2 Å². The highest BCUT2D eigenvalue weighted by atomic mass is 16.5. The summed E-state index contributed by atoms with van der Waals surface area (Å²) >= 11 is 0. The lowest BCUT2D eigenvalue weighted by molar-refractivity contribution is -0.137. The fraction of sp³-hybridized carbons (Fsp3) is 0.357. The smallest absolute Gasteiger partial charge is 0.238 e. The number of hydrogen-bond donors (Lipinski definition) is 0. The minimum atomic E-state index is -0.655. The quantitative estimate of drug-likeness (QED) is 0.460. The predicted molar refractivity (Wildman–Crippen MR) is 130 cm³/mol. The number of ether oxygens (including phenoxy) is 2. The third-order valence-corrected chi connectivity index (χ3v) is 7.82.